The molecule has 0 heterocycles. The lowest BCUT2D eigenvalue weighted by atomic mass is 9.92. The first-order valence-electron chi connectivity index (χ1n) is 3.81. The van der Waals surface area contributed by atoms with Crippen molar-refractivity contribution in [1.29, 1.82) is 0 Å². The molecule has 0 rings (SSSR count). The van der Waals surface area contributed by atoms with Gasteiger partial charge in [-0.3, -0.25) is 0 Å². The van der Waals surface area contributed by atoms with Gasteiger partial charge in [0.15, 0.2) is 0 Å². The highest BCUT2D eigenvalue weighted by molar-refractivity contribution is 5.04. The van der Waals surface area contributed by atoms with Crippen LogP contribution >= 0.6 is 0 Å². The van der Waals surface area contributed by atoms with Crippen molar-refractivity contribution < 1.29 is 0 Å². The Morgan fingerprint density at radius 1 is 1.30 bits per heavy atom. The van der Waals surface area contributed by atoms with Crippen molar-refractivity contribution in [2.24, 2.45) is 11.3 Å². The average Bonchev–Trinajstić information content (AvgIpc) is 1.85. The molecule has 10 heavy (non-hydrogen) atoms. The molecule has 0 aromatic rings. The van der Waals surface area contributed by atoms with Gasteiger partial charge in [0.1, 0.15) is 0 Å². The maximum atomic E-state index is 3.76. The van der Waals surface area contributed by atoms with Gasteiger partial charge in [-0.05, 0) is 5.92 Å². The van der Waals surface area contributed by atoms with Crippen LogP contribution in [0.5, 0.6) is 0 Å². The third-order valence-corrected chi connectivity index (χ3v) is 1.44. The molecular weight excluding hydrogens is 120 g/mol. The molecule has 0 aliphatic heterocycles. The fraction of sp³-hybridized carbons (Fsp3) is 0.600. The summed E-state index contributed by atoms with van der Waals surface area (Å²) in [6.07, 6.45) is 6.37. The molecule has 0 aliphatic rings. The van der Waals surface area contributed by atoms with Crippen LogP contribution in [0.2, 0.25) is 0 Å². The van der Waals surface area contributed by atoms with E-state index in [1.54, 1.807) is 0 Å². The van der Waals surface area contributed by atoms with E-state index < -0.39 is 0 Å². The van der Waals surface area contributed by atoms with Crippen molar-refractivity contribution in [3.05, 3.63) is 24.8 Å². The topological polar surface area (TPSA) is 0 Å². The maximum Gasteiger partial charge on any atom is 0.000182 e. The summed E-state index contributed by atoms with van der Waals surface area (Å²) in [4.78, 5) is 0. The van der Waals surface area contributed by atoms with Crippen molar-refractivity contribution in [3.63, 3.8) is 0 Å². The SMILES string of the molecule is C=CC(C)(C)C=CC(C)C. The summed E-state index contributed by atoms with van der Waals surface area (Å²) >= 11 is 0. The second kappa shape index (κ2) is 3.60. The highest BCUT2D eigenvalue weighted by atomic mass is 14.1. The van der Waals surface area contributed by atoms with Gasteiger partial charge in [-0.15, -0.1) is 6.58 Å². The Hall–Kier alpha value is -0.520. The number of allylic oxidation sites excluding steroid dienone is 3. The highest BCUT2D eigenvalue weighted by Crippen LogP contribution is 2.18. The Morgan fingerprint density at radius 2 is 1.80 bits per heavy atom. The molecule has 0 heteroatoms. The summed E-state index contributed by atoms with van der Waals surface area (Å²) in [5.74, 6) is 0.638. The summed E-state index contributed by atoms with van der Waals surface area (Å²) < 4.78 is 0. The molecule has 0 bridgehead atoms. The van der Waals surface area contributed by atoms with Gasteiger partial charge in [-0.1, -0.05) is 45.9 Å². The molecule has 0 spiro atoms. The largest absolute Gasteiger partial charge is 0.102 e. The molecule has 0 aromatic carbocycles. The van der Waals surface area contributed by atoms with E-state index >= 15 is 0 Å². The quantitative estimate of drug-likeness (QED) is 0.524. The van der Waals surface area contributed by atoms with Gasteiger partial charge >= 0.3 is 0 Å². The lowest BCUT2D eigenvalue weighted by Gasteiger charge is -2.13. The van der Waals surface area contributed by atoms with E-state index in [4.69, 9.17) is 0 Å². The fourth-order valence-electron chi connectivity index (χ4n) is 0.508. The standard InChI is InChI=1S/C10H18/c1-6-10(4,5)8-7-9(2)3/h6-9H,1H2,2-5H3. The zero-order chi connectivity index (χ0) is 8.20. The highest BCUT2D eigenvalue weighted by Gasteiger charge is 2.06. The molecule has 0 aromatic heterocycles. The Labute approximate surface area is 64.6 Å². The predicted octanol–water partition coefficient (Wildman–Crippen LogP) is 3.41. The van der Waals surface area contributed by atoms with Gasteiger partial charge in [0, 0.05) is 5.41 Å². The van der Waals surface area contributed by atoms with E-state index in [0.717, 1.165) is 0 Å². The Kier molecular flexibility index (Phi) is 3.41. The van der Waals surface area contributed by atoms with Crippen LogP contribution in [0.15, 0.2) is 24.8 Å². The first-order valence-corrected chi connectivity index (χ1v) is 3.81. The van der Waals surface area contributed by atoms with Crippen LogP contribution < -0.4 is 0 Å². The lowest BCUT2D eigenvalue weighted by molar-refractivity contribution is 0.618. The normalized spacial score (nSPS) is 12.9. The van der Waals surface area contributed by atoms with Crippen LogP contribution in [0, 0.1) is 11.3 Å². The molecule has 0 unspecified atom stereocenters. The first-order chi connectivity index (χ1) is 4.48. The molecule has 0 saturated carbocycles. The zero-order valence-corrected chi connectivity index (χ0v) is 7.52. The maximum absolute atomic E-state index is 3.76. The average molecular weight is 138 g/mol. The smallest absolute Gasteiger partial charge is 0.000182 e. The summed E-state index contributed by atoms with van der Waals surface area (Å²) in [6, 6.07) is 0. The lowest BCUT2D eigenvalue weighted by Crippen LogP contribution is -2.01. The van der Waals surface area contributed by atoms with Crippen LogP contribution in [-0.4, -0.2) is 0 Å². The zero-order valence-electron chi connectivity index (χ0n) is 7.52. The summed E-state index contributed by atoms with van der Waals surface area (Å²) in [7, 11) is 0. The van der Waals surface area contributed by atoms with Gasteiger partial charge in [-0.25, -0.2) is 0 Å². The number of hydrogen-bond donors (Lipinski definition) is 0. The molecule has 58 valence electrons. The van der Waals surface area contributed by atoms with Crippen LogP contribution in [-0.2, 0) is 0 Å². The summed E-state index contributed by atoms with van der Waals surface area (Å²) in [5.41, 5.74) is 0.157. The van der Waals surface area contributed by atoms with Gasteiger partial charge in [-0.2, -0.15) is 0 Å². The van der Waals surface area contributed by atoms with Crippen LogP contribution in [0.1, 0.15) is 27.7 Å². The number of rotatable bonds is 3. The molecular formula is C10H18. The van der Waals surface area contributed by atoms with Crippen molar-refractivity contribution in [3.8, 4) is 0 Å². The Morgan fingerprint density at radius 3 is 2.10 bits per heavy atom. The number of hydrogen-bond acceptors (Lipinski definition) is 0. The minimum atomic E-state index is 0.157. The van der Waals surface area contributed by atoms with Gasteiger partial charge < -0.3 is 0 Å². The molecule has 0 aliphatic carbocycles. The second-order valence-corrected chi connectivity index (χ2v) is 3.63. The summed E-state index contributed by atoms with van der Waals surface area (Å²) in [6.45, 7) is 12.4. The van der Waals surface area contributed by atoms with Crippen molar-refractivity contribution >= 4 is 0 Å². The molecule has 0 amide bonds. The molecule has 0 fully saturated rings. The molecule has 0 nitrogen and oxygen atoms in total. The fourth-order valence-corrected chi connectivity index (χ4v) is 0.508. The minimum absolute atomic E-state index is 0.157. The van der Waals surface area contributed by atoms with Crippen molar-refractivity contribution in [1.82, 2.24) is 0 Å². The van der Waals surface area contributed by atoms with Crippen LogP contribution in [0.3, 0.4) is 0 Å². The Bertz CT molecular complexity index is 127. The molecule has 0 radical (unpaired) electrons. The third kappa shape index (κ3) is 4.37. The van der Waals surface area contributed by atoms with E-state index in [1.165, 1.54) is 0 Å². The van der Waals surface area contributed by atoms with E-state index in [-0.39, 0.29) is 5.41 Å². The molecule has 0 N–H and O–H groups in total. The minimum Gasteiger partial charge on any atom is -0.102 e. The molecule has 0 atom stereocenters. The van der Waals surface area contributed by atoms with E-state index in [9.17, 15) is 0 Å². The van der Waals surface area contributed by atoms with Gasteiger partial charge in [0.05, 0.1) is 0 Å². The Balaban J connectivity index is 3.98. The first kappa shape index (κ1) is 9.48. The van der Waals surface area contributed by atoms with Gasteiger partial charge in [0.25, 0.3) is 0 Å². The van der Waals surface area contributed by atoms with Gasteiger partial charge in [0.2, 0.25) is 0 Å². The monoisotopic (exact) mass is 138 g/mol. The third-order valence-electron chi connectivity index (χ3n) is 1.44. The van der Waals surface area contributed by atoms with Crippen LogP contribution in [0.25, 0.3) is 0 Å². The van der Waals surface area contributed by atoms with Crippen molar-refractivity contribution in [2.45, 2.75) is 27.7 Å². The van der Waals surface area contributed by atoms with E-state index in [0.29, 0.717) is 5.92 Å². The van der Waals surface area contributed by atoms with Crippen LogP contribution in [0.4, 0.5) is 0 Å². The van der Waals surface area contributed by atoms with E-state index in [2.05, 4.69) is 46.4 Å². The molecule has 0 saturated heterocycles. The van der Waals surface area contributed by atoms with Crippen molar-refractivity contribution in [2.75, 3.05) is 0 Å². The second-order valence-electron chi connectivity index (χ2n) is 3.63. The summed E-state index contributed by atoms with van der Waals surface area (Å²) in [5, 5.41) is 0. The van der Waals surface area contributed by atoms with E-state index in [1.807, 2.05) is 6.08 Å². The predicted molar refractivity (Wildman–Crippen MR) is 48.0 cm³/mol.